The number of thioether (sulfide) groups is 1. The number of hydrogen-bond donors (Lipinski definition) is 2. The maximum absolute atomic E-state index is 5.97. The van der Waals surface area contributed by atoms with Crippen molar-refractivity contribution in [1.82, 2.24) is 0 Å². The van der Waals surface area contributed by atoms with Gasteiger partial charge in [-0.15, -0.1) is 23.1 Å². The molecule has 0 amide bonds. The number of benzene rings is 1. The van der Waals surface area contributed by atoms with Crippen molar-refractivity contribution in [2.24, 2.45) is 10.8 Å². The summed E-state index contributed by atoms with van der Waals surface area (Å²) in [7, 11) is 4.03. The monoisotopic (exact) mass is 306 g/mol. The number of nitrogens with zero attached hydrogens (tertiary/aromatic N) is 2. The van der Waals surface area contributed by atoms with E-state index in [4.69, 9.17) is 5.73 Å². The van der Waals surface area contributed by atoms with Gasteiger partial charge in [0.25, 0.3) is 0 Å². The predicted octanol–water partition coefficient (Wildman–Crippen LogP) is 3.27. The average Bonchev–Trinajstić information content (AvgIpc) is 2.94. The molecule has 1 heterocycles. The number of hydrogen-bond acceptors (Lipinski definition) is 5. The van der Waals surface area contributed by atoms with Crippen LogP contribution in [-0.2, 0) is 0 Å². The Labute approximate surface area is 127 Å². The van der Waals surface area contributed by atoms with E-state index in [1.54, 1.807) is 23.1 Å². The number of nitrogens with one attached hydrogen (secondary N) is 1. The first kappa shape index (κ1) is 14.7. The molecule has 0 atom stereocenters. The molecule has 20 heavy (non-hydrogen) atoms. The molecule has 0 aliphatic carbocycles. The summed E-state index contributed by atoms with van der Waals surface area (Å²) >= 11 is 3.35. The Morgan fingerprint density at radius 1 is 1.20 bits per heavy atom. The Balaban J connectivity index is 2.04. The Kier molecular flexibility index (Phi) is 4.92. The lowest BCUT2D eigenvalue weighted by Gasteiger charge is -2.12. The second kappa shape index (κ2) is 6.67. The molecule has 0 aliphatic heterocycles. The van der Waals surface area contributed by atoms with Crippen LogP contribution in [0.2, 0.25) is 0 Å². The molecule has 0 spiro atoms. The molecule has 0 radical (unpaired) electrons. The smallest absolute Gasteiger partial charge is 0.161 e. The highest BCUT2D eigenvalue weighted by Crippen LogP contribution is 2.25. The maximum Gasteiger partial charge on any atom is 0.161 e. The second-order valence-electron chi connectivity index (χ2n) is 4.37. The topological polar surface area (TPSA) is 53.6 Å². The molecule has 0 fully saturated rings. The van der Waals surface area contributed by atoms with Gasteiger partial charge in [0.15, 0.2) is 5.84 Å². The van der Waals surface area contributed by atoms with Crippen LogP contribution in [0.3, 0.4) is 0 Å². The highest BCUT2D eigenvalue weighted by atomic mass is 32.2. The van der Waals surface area contributed by atoms with Crippen molar-refractivity contribution in [3.05, 3.63) is 41.3 Å². The lowest BCUT2D eigenvalue weighted by atomic mass is 10.3. The highest BCUT2D eigenvalue weighted by molar-refractivity contribution is 8.00. The molecule has 106 valence electrons. The SMILES string of the molecule is CSc1ccc(C(N)=NNc2ccc(N(C)C)cc2)s1. The summed E-state index contributed by atoms with van der Waals surface area (Å²) in [6.45, 7) is 0. The lowest BCUT2D eigenvalue weighted by molar-refractivity contribution is 1.13. The third-order valence-corrected chi connectivity index (χ3v) is 4.91. The molecular formula is C14H18N4S2. The van der Waals surface area contributed by atoms with Crippen LogP contribution in [0.4, 0.5) is 11.4 Å². The quantitative estimate of drug-likeness (QED) is 0.385. The van der Waals surface area contributed by atoms with E-state index < -0.39 is 0 Å². The van der Waals surface area contributed by atoms with E-state index in [9.17, 15) is 0 Å². The Morgan fingerprint density at radius 3 is 2.45 bits per heavy atom. The summed E-state index contributed by atoms with van der Waals surface area (Å²) in [5.74, 6) is 0.506. The van der Waals surface area contributed by atoms with E-state index in [0.717, 1.165) is 16.3 Å². The minimum absolute atomic E-state index is 0.506. The fourth-order valence-electron chi connectivity index (χ4n) is 1.58. The van der Waals surface area contributed by atoms with Crippen LogP contribution in [0.5, 0.6) is 0 Å². The van der Waals surface area contributed by atoms with Gasteiger partial charge in [-0.3, -0.25) is 5.43 Å². The van der Waals surface area contributed by atoms with Crippen LogP contribution in [0.15, 0.2) is 45.7 Å². The van der Waals surface area contributed by atoms with Crippen molar-refractivity contribution >= 4 is 40.3 Å². The average molecular weight is 306 g/mol. The predicted molar refractivity (Wildman–Crippen MR) is 91.2 cm³/mol. The molecule has 2 aromatic rings. The zero-order valence-electron chi connectivity index (χ0n) is 11.8. The third-order valence-electron chi connectivity index (χ3n) is 2.72. The zero-order chi connectivity index (χ0) is 14.5. The van der Waals surface area contributed by atoms with E-state index in [-0.39, 0.29) is 0 Å². The minimum Gasteiger partial charge on any atom is -0.381 e. The first-order valence-corrected chi connectivity index (χ1v) is 8.15. The zero-order valence-corrected chi connectivity index (χ0v) is 13.4. The first-order chi connectivity index (χ1) is 9.60. The fourth-order valence-corrected chi connectivity index (χ4v) is 3.03. The summed E-state index contributed by atoms with van der Waals surface area (Å²) < 4.78 is 1.23. The molecule has 2 rings (SSSR count). The Hall–Kier alpha value is -1.66. The van der Waals surface area contributed by atoms with Gasteiger partial charge in [0.2, 0.25) is 0 Å². The van der Waals surface area contributed by atoms with E-state index in [1.165, 1.54) is 4.21 Å². The highest BCUT2D eigenvalue weighted by Gasteiger charge is 2.03. The largest absolute Gasteiger partial charge is 0.381 e. The first-order valence-electron chi connectivity index (χ1n) is 6.11. The number of hydrazone groups is 1. The van der Waals surface area contributed by atoms with Gasteiger partial charge in [0.1, 0.15) is 0 Å². The van der Waals surface area contributed by atoms with E-state index in [1.807, 2.05) is 50.7 Å². The maximum atomic E-state index is 5.97. The van der Waals surface area contributed by atoms with Crippen molar-refractivity contribution in [1.29, 1.82) is 0 Å². The summed E-state index contributed by atoms with van der Waals surface area (Å²) in [5.41, 5.74) is 11.0. The molecule has 4 nitrogen and oxygen atoms in total. The van der Waals surface area contributed by atoms with Crippen molar-refractivity contribution in [2.75, 3.05) is 30.7 Å². The Morgan fingerprint density at radius 2 is 1.90 bits per heavy atom. The lowest BCUT2D eigenvalue weighted by Crippen LogP contribution is -2.13. The van der Waals surface area contributed by atoms with E-state index in [2.05, 4.69) is 21.5 Å². The van der Waals surface area contributed by atoms with Crippen molar-refractivity contribution in [3.63, 3.8) is 0 Å². The van der Waals surface area contributed by atoms with Gasteiger partial charge in [-0.05, 0) is 42.7 Å². The third kappa shape index (κ3) is 3.68. The summed E-state index contributed by atoms with van der Waals surface area (Å²) in [6.07, 6.45) is 2.05. The van der Waals surface area contributed by atoms with Gasteiger partial charge < -0.3 is 10.6 Å². The second-order valence-corrected chi connectivity index (χ2v) is 6.56. The molecule has 0 bridgehead atoms. The molecule has 1 aromatic heterocycles. The summed E-state index contributed by atoms with van der Waals surface area (Å²) in [6, 6.07) is 12.1. The van der Waals surface area contributed by atoms with Crippen molar-refractivity contribution in [2.45, 2.75) is 4.21 Å². The van der Waals surface area contributed by atoms with Crippen LogP contribution in [0, 0.1) is 0 Å². The summed E-state index contributed by atoms with van der Waals surface area (Å²) in [5, 5.41) is 4.22. The fraction of sp³-hybridized carbons (Fsp3) is 0.214. The number of rotatable bonds is 5. The molecule has 0 unspecified atom stereocenters. The molecule has 0 saturated carbocycles. The molecule has 0 aliphatic rings. The molecule has 1 aromatic carbocycles. The van der Waals surface area contributed by atoms with Crippen LogP contribution in [0.25, 0.3) is 0 Å². The van der Waals surface area contributed by atoms with Crippen LogP contribution in [-0.4, -0.2) is 26.2 Å². The number of amidine groups is 1. The van der Waals surface area contributed by atoms with Gasteiger partial charge in [-0.25, -0.2) is 0 Å². The molecule has 3 N–H and O–H groups in total. The normalized spacial score (nSPS) is 11.4. The number of nitrogens with two attached hydrogens (primary N) is 1. The van der Waals surface area contributed by atoms with Gasteiger partial charge in [-0.2, -0.15) is 5.10 Å². The number of anilines is 2. The van der Waals surface area contributed by atoms with Crippen LogP contribution in [0.1, 0.15) is 4.88 Å². The van der Waals surface area contributed by atoms with Crippen molar-refractivity contribution < 1.29 is 0 Å². The standard InChI is InChI=1S/C14H18N4S2/c1-18(2)11-6-4-10(5-7-11)16-17-14(15)12-8-9-13(19-3)20-12/h4-9,16H,1-3H3,(H2,15,17). The van der Waals surface area contributed by atoms with Crippen molar-refractivity contribution in [3.8, 4) is 0 Å². The Bertz CT molecular complexity index is 587. The summed E-state index contributed by atoms with van der Waals surface area (Å²) in [4.78, 5) is 3.03. The van der Waals surface area contributed by atoms with Gasteiger partial charge in [-0.1, -0.05) is 0 Å². The molecule has 0 saturated heterocycles. The van der Waals surface area contributed by atoms with E-state index >= 15 is 0 Å². The minimum atomic E-state index is 0.506. The van der Waals surface area contributed by atoms with Crippen LogP contribution < -0.4 is 16.1 Å². The van der Waals surface area contributed by atoms with Gasteiger partial charge in [0, 0.05) is 19.8 Å². The van der Waals surface area contributed by atoms with Gasteiger partial charge in [0.05, 0.1) is 14.8 Å². The molecule has 6 heteroatoms. The molecular weight excluding hydrogens is 288 g/mol. The van der Waals surface area contributed by atoms with E-state index in [0.29, 0.717) is 5.84 Å². The van der Waals surface area contributed by atoms with Crippen LogP contribution >= 0.6 is 23.1 Å². The number of thiophene rings is 1. The van der Waals surface area contributed by atoms with Gasteiger partial charge >= 0.3 is 0 Å².